The van der Waals surface area contributed by atoms with E-state index in [0.29, 0.717) is 10.8 Å². The number of nitrogens with zero attached hydrogens (tertiary/aromatic N) is 3. The van der Waals surface area contributed by atoms with Gasteiger partial charge in [0, 0.05) is 17.1 Å². The van der Waals surface area contributed by atoms with Crippen molar-refractivity contribution in [1.82, 2.24) is 14.7 Å². The number of benzene rings is 3. The molecule has 0 amide bonds. The van der Waals surface area contributed by atoms with E-state index < -0.39 is 0 Å². The van der Waals surface area contributed by atoms with Gasteiger partial charge in [-0.1, -0.05) is 47.1 Å². The average Bonchev–Trinajstić information content (AvgIpc) is 3.27. The molecule has 0 spiro atoms. The molecule has 5 aromatic rings. The van der Waals surface area contributed by atoms with Crippen molar-refractivity contribution in [3.63, 3.8) is 0 Å². The second-order valence-corrected chi connectivity index (χ2v) is 6.64. The Bertz CT molecular complexity index is 1210. The van der Waals surface area contributed by atoms with Crippen LogP contribution in [0.1, 0.15) is 5.56 Å². The van der Waals surface area contributed by atoms with E-state index in [2.05, 4.69) is 26.8 Å². The van der Waals surface area contributed by atoms with Crippen LogP contribution in [0.3, 0.4) is 0 Å². The SMILES string of the molecule is Clc1ccc(-c2onc3ccc4c(ncn4Cc4ccccc4)c23)cc1. The molecule has 0 aliphatic heterocycles. The van der Waals surface area contributed by atoms with Crippen molar-refractivity contribution < 1.29 is 4.52 Å². The van der Waals surface area contributed by atoms with Gasteiger partial charge in [-0.2, -0.15) is 0 Å². The minimum atomic E-state index is 0.690. The molecular formula is C21H14ClN3O. The van der Waals surface area contributed by atoms with Crippen molar-refractivity contribution in [3.8, 4) is 11.3 Å². The summed E-state index contributed by atoms with van der Waals surface area (Å²) in [6.07, 6.45) is 1.87. The van der Waals surface area contributed by atoms with Gasteiger partial charge >= 0.3 is 0 Å². The number of aromatic nitrogens is 3. The second kappa shape index (κ2) is 6.00. The van der Waals surface area contributed by atoms with Crippen LogP contribution in [0.15, 0.2) is 77.6 Å². The molecule has 0 N–H and O–H groups in total. The number of hydrogen-bond acceptors (Lipinski definition) is 3. The summed E-state index contributed by atoms with van der Waals surface area (Å²) in [5.41, 5.74) is 4.91. The standard InChI is InChI=1S/C21H14ClN3O/c22-16-8-6-15(7-9-16)21-19-17(24-26-21)10-11-18-20(19)23-13-25(18)12-14-4-2-1-3-5-14/h1-11,13H,12H2. The lowest BCUT2D eigenvalue weighted by Gasteiger charge is -2.04. The number of halogens is 1. The van der Waals surface area contributed by atoms with E-state index in [9.17, 15) is 0 Å². The fourth-order valence-electron chi connectivity index (χ4n) is 3.27. The maximum atomic E-state index is 6.00. The van der Waals surface area contributed by atoms with Crippen LogP contribution >= 0.6 is 11.6 Å². The van der Waals surface area contributed by atoms with Crippen molar-refractivity contribution in [2.75, 3.05) is 0 Å². The Kier molecular flexibility index (Phi) is 3.50. The highest BCUT2D eigenvalue weighted by molar-refractivity contribution is 6.30. The molecule has 5 rings (SSSR count). The first-order valence-electron chi connectivity index (χ1n) is 8.33. The predicted molar refractivity (Wildman–Crippen MR) is 103 cm³/mol. The molecule has 0 aliphatic carbocycles. The van der Waals surface area contributed by atoms with E-state index in [1.165, 1.54) is 5.56 Å². The lowest BCUT2D eigenvalue weighted by molar-refractivity contribution is 0.441. The van der Waals surface area contributed by atoms with E-state index in [0.717, 1.165) is 34.0 Å². The van der Waals surface area contributed by atoms with Gasteiger partial charge in [-0.15, -0.1) is 0 Å². The van der Waals surface area contributed by atoms with Crippen LogP contribution in [-0.2, 0) is 6.54 Å². The number of hydrogen-bond donors (Lipinski definition) is 0. The minimum absolute atomic E-state index is 0.690. The predicted octanol–water partition coefficient (Wildman–Crippen LogP) is 5.55. The summed E-state index contributed by atoms with van der Waals surface area (Å²) in [5, 5.41) is 5.82. The van der Waals surface area contributed by atoms with E-state index >= 15 is 0 Å². The van der Waals surface area contributed by atoms with Crippen LogP contribution < -0.4 is 0 Å². The molecule has 5 heteroatoms. The normalized spacial score (nSPS) is 11.4. The number of rotatable bonds is 3. The topological polar surface area (TPSA) is 43.9 Å². The molecular weight excluding hydrogens is 346 g/mol. The monoisotopic (exact) mass is 359 g/mol. The van der Waals surface area contributed by atoms with Gasteiger partial charge in [0.05, 0.1) is 17.2 Å². The molecule has 3 aromatic carbocycles. The van der Waals surface area contributed by atoms with Gasteiger partial charge in [0.25, 0.3) is 0 Å². The number of imidazole rings is 1. The summed E-state index contributed by atoms with van der Waals surface area (Å²) in [6.45, 7) is 0.768. The molecule has 0 saturated carbocycles. The largest absolute Gasteiger partial charge is 0.355 e. The Morgan fingerprint density at radius 3 is 2.54 bits per heavy atom. The highest BCUT2D eigenvalue weighted by Crippen LogP contribution is 2.34. The van der Waals surface area contributed by atoms with Gasteiger partial charge < -0.3 is 9.09 Å². The third-order valence-corrected chi connectivity index (χ3v) is 4.79. The van der Waals surface area contributed by atoms with Crippen LogP contribution in [0.25, 0.3) is 33.3 Å². The lowest BCUT2D eigenvalue weighted by Crippen LogP contribution is -1.97. The molecule has 0 saturated heterocycles. The van der Waals surface area contributed by atoms with E-state index in [1.807, 2.05) is 60.9 Å². The van der Waals surface area contributed by atoms with Gasteiger partial charge in [0.2, 0.25) is 0 Å². The zero-order valence-corrected chi connectivity index (χ0v) is 14.5. The third-order valence-electron chi connectivity index (χ3n) is 4.53. The van der Waals surface area contributed by atoms with E-state index in [-0.39, 0.29) is 0 Å². The van der Waals surface area contributed by atoms with Crippen LogP contribution in [0.4, 0.5) is 0 Å². The van der Waals surface area contributed by atoms with Gasteiger partial charge in [-0.25, -0.2) is 4.98 Å². The first kappa shape index (κ1) is 15.2. The molecule has 0 radical (unpaired) electrons. The quantitative estimate of drug-likeness (QED) is 0.424. The Morgan fingerprint density at radius 2 is 1.73 bits per heavy atom. The van der Waals surface area contributed by atoms with Crippen molar-refractivity contribution in [1.29, 1.82) is 0 Å². The molecule has 2 aromatic heterocycles. The average molecular weight is 360 g/mol. The Labute approximate surface area is 154 Å². The Morgan fingerprint density at radius 1 is 0.923 bits per heavy atom. The summed E-state index contributed by atoms with van der Waals surface area (Å²) in [4.78, 5) is 4.66. The van der Waals surface area contributed by atoms with E-state index in [1.54, 1.807) is 0 Å². The summed E-state index contributed by atoms with van der Waals surface area (Å²) in [7, 11) is 0. The van der Waals surface area contributed by atoms with Gasteiger partial charge in [-0.3, -0.25) is 0 Å². The van der Waals surface area contributed by atoms with Crippen LogP contribution in [0.5, 0.6) is 0 Å². The zero-order chi connectivity index (χ0) is 17.5. The van der Waals surface area contributed by atoms with Gasteiger partial charge in [0.1, 0.15) is 11.0 Å². The first-order valence-corrected chi connectivity index (χ1v) is 8.70. The van der Waals surface area contributed by atoms with Crippen molar-refractivity contribution >= 4 is 33.5 Å². The molecule has 4 nitrogen and oxygen atoms in total. The Balaban J connectivity index is 1.68. The van der Waals surface area contributed by atoms with Crippen LogP contribution in [0, 0.1) is 0 Å². The van der Waals surface area contributed by atoms with Gasteiger partial charge in [-0.05, 0) is 42.0 Å². The summed E-state index contributed by atoms with van der Waals surface area (Å²) >= 11 is 6.00. The number of fused-ring (bicyclic) bond motifs is 3. The van der Waals surface area contributed by atoms with Crippen LogP contribution in [0.2, 0.25) is 5.02 Å². The smallest absolute Gasteiger partial charge is 0.176 e. The molecule has 126 valence electrons. The van der Waals surface area contributed by atoms with Crippen molar-refractivity contribution in [2.24, 2.45) is 0 Å². The molecule has 2 heterocycles. The highest BCUT2D eigenvalue weighted by atomic mass is 35.5. The fraction of sp³-hybridized carbons (Fsp3) is 0.0476. The zero-order valence-electron chi connectivity index (χ0n) is 13.8. The van der Waals surface area contributed by atoms with E-state index in [4.69, 9.17) is 16.1 Å². The highest BCUT2D eigenvalue weighted by Gasteiger charge is 2.17. The van der Waals surface area contributed by atoms with Crippen LogP contribution in [-0.4, -0.2) is 14.7 Å². The molecule has 0 bridgehead atoms. The lowest BCUT2D eigenvalue weighted by atomic mass is 10.1. The van der Waals surface area contributed by atoms with Gasteiger partial charge in [0.15, 0.2) is 5.76 Å². The van der Waals surface area contributed by atoms with Crippen molar-refractivity contribution in [3.05, 3.63) is 83.6 Å². The maximum Gasteiger partial charge on any atom is 0.176 e. The third kappa shape index (κ3) is 2.47. The second-order valence-electron chi connectivity index (χ2n) is 6.20. The fourth-order valence-corrected chi connectivity index (χ4v) is 3.39. The molecule has 0 atom stereocenters. The Hall–Kier alpha value is -3.11. The van der Waals surface area contributed by atoms with Crippen molar-refractivity contribution in [2.45, 2.75) is 6.54 Å². The minimum Gasteiger partial charge on any atom is -0.355 e. The molecule has 26 heavy (non-hydrogen) atoms. The molecule has 0 fully saturated rings. The summed E-state index contributed by atoms with van der Waals surface area (Å²) in [6, 6.07) is 21.9. The first-order chi connectivity index (χ1) is 12.8. The summed E-state index contributed by atoms with van der Waals surface area (Å²) in [5.74, 6) is 0.715. The maximum absolute atomic E-state index is 6.00. The molecule has 0 unspecified atom stereocenters. The molecule has 0 aliphatic rings. The summed E-state index contributed by atoms with van der Waals surface area (Å²) < 4.78 is 7.78.